The van der Waals surface area contributed by atoms with E-state index in [4.69, 9.17) is 11.5 Å². The molecule has 1 aromatic heterocycles. The van der Waals surface area contributed by atoms with E-state index in [9.17, 15) is 0 Å². The minimum absolute atomic E-state index is 0.0921. The first-order valence-corrected chi connectivity index (χ1v) is 3.15. The van der Waals surface area contributed by atoms with Gasteiger partial charge in [-0.2, -0.15) is 15.0 Å². The van der Waals surface area contributed by atoms with Crippen LogP contribution in [0.5, 0.6) is 0 Å². The first-order chi connectivity index (χ1) is 4.72. The third-order valence-electron chi connectivity index (χ3n) is 0.755. The number of halogens is 1. The van der Waals surface area contributed by atoms with Gasteiger partial charge in [-0.05, 0) is 0 Å². The third-order valence-corrected chi connectivity index (χ3v) is 1.11. The maximum absolute atomic E-state index is 5.23. The summed E-state index contributed by atoms with van der Waals surface area (Å²) < 4.78 is 2.50. The van der Waals surface area contributed by atoms with Gasteiger partial charge in [0.25, 0.3) is 0 Å². The maximum Gasteiger partial charge on any atom is 0.239 e. The highest BCUT2D eigenvalue weighted by atomic mass is 79.9. The summed E-state index contributed by atoms with van der Waals surface area (Å²) in [6.07, 6.45) is 0. The standard InChI is InChI=1S/C3H5BrN6/c4-10-3-8-1(5)7-2(6)9-3/h(H5,5,6,7,8,9,10). The molecule has 1 aromatic rings. The van der Waals surface area contributed by atoms with Gasteiger partial charge in [-0.15, -0.1) is 0 Å². The number of anilines is 3. The van der Waals surface area contributed by atoms with Crippen LogP contribution in [0.25, 0.3) is 0 Å². The summed E-state index contributed by atoms with van der Waals surface area (Å²) in [5, 5.41) is 0. The summed E-state index contributed by atoms with van der Waals surface area (Å²) in [4.78, 5) is 10.9. The van der Waals surface area contributed by atoms with Crippen LogP contribution in [0.4, 0.5) is 17.8 Å². The van der Waals surface area contributed by atoms with Crippen LogP contribution >= 0.6 is 16.1 Å². The molecule has 0 aliphatic rings. The Labute approximate surface area is 65.4 Å². The highest BCUT2D eigenvalue weighted by Gasteiger charge is 1.97. The number of nitrogens with one attached hydrogen (secondary N) is 1. The van der Waals surface area contributed by atoms with Crippen LogP contribution in [-0.2, 0) is 0 Å². The summed E-state index contributed by atoms with van der Waals surface area (Å²) in [7, 11) is 0. The van der Waals surface area contributed by atoms with E-state index < -0.39 is 0 Å². The molecule has 0 aliphatic carbocycles. The number of nitrogen functional groups attached to an aromatic ring is 2. The van der Waals surface area contributed by atoms with Crippen molar-refractivity contribution in [2.24, 2.45) is 0 Å². The fourth-order valence-electron chi connectivity index (χ4n) is 0.452. The minimum Gasteiger partial charge on any atom is -0.368 e. The fourth-order valence-corrected chi connectivity index (χ4v) is 0.629. The van der Waals surface area contributed by atoms with E-state index in [1.54, 1.807) is 0 Å². The maximum atomic E-state index is 5.23. The van der Waals surface area contributed by atoms with E-state index in [1.165, 1.54) is 0 Å². The molecule has 0 saturated heterocycles. The molecule has 1 heterocycles. The smallest absolute Gasteiger partial charge is 0.239 e. The van der Waals surface area contributed by atoms with Crippen molar-refractivity contribution in [3.8, 4) is 0 Å². The third kappa shape index (κ3) is 1.44. The lowest BCUT2D eigenvalue weighted by atomic mass is 10.9. The van der Waals surface area contributed by atoms with Crippen LogP contribution in [0.15, 0.2) is 0 Å². The molecule has 0 atom stereocenters. The lowest BCUT2D eigenvalue weighted by molar-refractivity contribution is 1.09. The molecular formula is C3H5BrN6. The molecule has 0 saturated carbocycles. The average molecular weight is 205 g/mol. The van der Waals surface area contributed by atoms with E-state index in [0.717, 1.165) is 0 Å². The van der Waals surface area contributed by atoms with Crippen molar-refractivity contribution >= 4 is 34.0 Å². The number of nitrogens with zero attached hydrogens (tertiary/aromatic N) is 3. The second-order valence-corrected chi connectivity index (χ2v) is 1.87. The lowest BCUT2D eigenvalue weighted by Gasteiger charge is -1.97. The molecule has 0 bridgehead atoms. The molecule has 0 radical (unpaired) electrons. The largest absolute Gasteiger partial charge is 0.368 e. The highest BCUT2D eigenvalue weighted by molar-refractivity contribution is 9.10. The lowest BCUT2D eigenvalue weighted by Crippen LogP contribution is -2.04. The van der Waals surface area contributed by atoms with Crippen molar-refractivity contribution in [2.45, 2.75) is 0 Å². The van der Waals surface area contributed by atoms with Gasteiger partial charge in [0.05, 0.1) is 0 Å². The van der Waals surface area contributed by atoms with Gasteiger partial charge >= 0.3 is 0 Å². The topological polar surface area (TPSA) is 103 Å². The summed E-state index contributed by atoms with van der Waals surface area (Å²) in [6.45, 7) is 0. The molecule has 0 fully saturated rings. The van der Waals surface area contributed by atoms with Gasteiger partial charge in [0, 0.05) is 16.1 Å². The molecule has 10 heavy (non-hydrogen) atoms. The zero-order valence-corrected chi connectivity index (χ0v) is 6.46. The van der Waals surface area contributed by atoms with Crippen LogP contribution in [0.3, 0.4) is 0 Å². The van der Waals surface area contributed by atoms with Gasteiger partial charge < -0.3 is 11.5 Å². The Morgan fingerprint density at radius 2 is 1.60 bits per heavy atom. The van der Waals surface area contributed by atoms with Gasteiger partial charge in [0.15, 0.2) is 0 Å². The number of rotatable bonds is 1. The van der Waals surface area contributed by atoms with Crippen molar-refractivity contribution in [1.29, 1.82) is 0 Å². The molecule has 5 N–H and O–H groups in total. The number of hydrogen-bond acceptors (Lipinski definition) is 6. The van der Waals surface area contributed by atoms with Crippen molar-refractivity contribution in [1.82, 2.24) is 15.0 Å². The van der Waals surface area contributed by atoms with Crippen molar-refractivity contribution in [3.05, 3.63) is 0 Å². The van der Waals surface area contributed by atoms with E-state index in [0.29, 0.717) is 5.95 Å². The first kappa shape index (κ1) is 7.00. The SMILES string of the molecule is Nc1nc(N)nc(NBr)n1. The summed E-state index contributed by atoms with van der Waals surface area (Å²) in [5.41, 5.74) is 10.5. The molecule has 6 nitrogen and oxygen atoms in total. The van der Waals surface area contributed by atoms with Gasteiger partial charge in [-0.3, -0.25) is 4.34 Å². The van der Waals surface area contributed by atoms with Gasteiger partial charge in [0.2, 0.25) is 17.8 Å². The second kappa shape index (κ2) is 2.65. The van der Waals surface area contributed by atoms with Crippen LogP contribution in [0, 0.1) is 0 Å². The van der Waals surface area contributed by atoms with Crippen LogP contribution in [0.2, 0.25) is 0 Å². The minimum atomic E-state index is 0.0921. The molecule has 0 aromatic carbocycles. The van der Waals surface area contributed by atoms with Gasteiger partial charge in [-0.1, -0.05) is 0 Å². The molecule has 7 heteroatoms. The molecule has 0 unspecified atom stereocenters. The number of nitrogens with two attached hydrogens (primary N) is 2. The summed E-state index contributed by atoms with van der Waals surface area (Å²) in [5.74, 6) is 0.480. The zero-order valence-electron chi connectivity index (χ0n) is 4.87. The highest BCUT2D eigenvalue weighted by Crippen LogP contribution is 2.03. The zero-order chi connectivity index (χ0) is 7.56. The average Bonchev–Trinajstić information content (AvgIpc) is 1.85. The second-order valence-electron chi connectivity index (χ2n) is 1.47. The Morgan fingerprint density at radius 1 is 1.10 bits per heavy atom. The quantitative estimate of drug-likeness (QED) is 0.546. The monoisotopic (exact) mass is 204 g/mol. The molecule has 0 aliphatic heterocycles. The Morgan fingerprint density at radius 3 is 2.00 bits per heavy atom. The predicted octanol–water partition coefficient (Wildman–Crippen LogP) is -0.242. The van der Waals surface area contributed by atoms with E-state index in [1.807, 2.05) is 0 Å². The van der Waals surface area contributed by atoms with E-state index in [2.05, 4.69) is 35.4 Å². The molecule has 0 amide bonds. The summed E-state index contributed by atoms with van der Waals surface area (Å²) >= 11 is 2.91. The number of aromatic nitrogens is 3. The van der Waals surface area contributed by atoms with Gasteiger partial charge in [-0.25, -0.2) is 0 Å². The number of hydrogen-bond donors (Lipinski definition) is 3. The van der Waals surface area contributed by atoms with Crippen LogP contribution in [-0.4, -0.2) is 15.0 Å². The van der Waals surface area contributed by atoms with Crippen molar-refractivity contribution in [3.63, 3.8) is 0 Å². The molecule has 1 rings (SSSR count). The Kier molecular flexibility index (Phi) is 1.86. The van der Waals surface area contributed by atoms with Gasteiger partial charge in [0.1, 0.15) is 0 Å². The first-order valence-electron chi connectivity index (χ1n) is 2.36. The summed E-state index contributed by atoms with van der Waals surface area (Å²) in [6, 6.07) is 0. The molecule has 0 spiro atoms. The van der Waals surface area contributed by atoms with Crippen LogP contribution < -0.4 is 15.8 Å². The molecule has 54 valence electrons. The Bertz CT molecular complexity index is 216. The normalized spacial score (nSPS) is 9.30. The predicted molar refractivity (Wildman–Crippen MR) is 41.2 cm³/mol. The van der Waals surface area contributed by atoms with Crippen molar-refractivity contribution < 1.29 is 0 Å². The fraction of sp³-hybridized carbons (Fsp3) is 0. The van der Waals surface area contributed by atoms with Crippen molar-refractivity contribution in [2.75, 3.05) is 15.8 Å². The van der Waals surface area contributed by atoms with Crippen LogP contribution in [0.1, 0.15) is 0 Å². The Balaban J connectivity index is 3.06. The molecular weight excluding hydrogens is 200 g/mol. The van der Waals surface area contributed by atoms with E-state index >= 15 is 0 Å². The Hall–Kier alpha value is -1.11. The van der Waals surface area contributed by atoms with E-state index in [-0.39, 0.29) is 11.9 Å².